The molecule has 1 aliphatic heterocycles. The number of carbonyl (C=O) groups excluding carboxylic acids is 3. The Hall–Kier alpha value is -2.47. The summed E-state index contributed by atoms with van der Waals surface area (Å²) in [6.45, 7) is 1.95. The summed E-state index contributed by atoms with van der Waals surface area (Å²) in [5.74, 6) is -0.199. The maximum absolute atomic E-state index is 12.6. The highest BCUT2D eigenvalue weighted by Crippen LogP contribution is 2.18. The molecule has 6 heteroatoms. The molecule has 5 nitrogen and oxygen atoms in total. The lowest BCUT2D eigenvalue weighted by molar-refractivity contribution is -0.127. The number of hydrogen-bond donors (Lipinski definition) is 1. The van der Waals surface area contributed by atoms with Gasteiger partial charge < -0.3 is 10.2 Å². The molecule has 1 saturated heterocycles. The van der Waals surface area contributed by atoms with Gasteiger partial charge in [-0.3, -0.25) is 14.4 Å². The first-order valence-corrected chi connectivity index (χ1v) is 9.28. The fraction of sp³-hybridized carbons (Fsp3) is 0.316. The number of likely N-dealkylation sites (tertiary alicyclic amines) is 1. The van der Waals surface area contributed by atoms with E-state index in [0.717, 1.165) is 13.0 Å². The molecule has 0 radical (unpaired) electrons. The van der Waals surface area contributed by atoms with E-state index >= 15 is 0 Å². The Labute approximate surface area is 150 Å². The fourth-order valence-electron chi connectivity index (χ4n) is 2.93. The largest absolute Gasteiger partial charge is 0.352 e. The first-order chi connectivity index (χ1) is 12.2. The zero-order chi connectivity index (χ0) is 17.6. The zero-order valence-corrected chi connectivity index (χ0v) is 14.7. The van der Waals surface area contributed by atoms with Crippen molar-refractivity contribution in [3.05, 3.63) is 57.8 Å². The van der Waals surface area contributed by atoms with Crippen molar-refractivity contribution in [2.75, 3.05) is 19.6 Å². The minimum Gasteiger partial charge on any atom is -0.352 e. The molecule has 1 N–H and O–H groups in total. The highest BCUT2D eigenvalue weighted by atomic mass is 32.1. The monoisotopic (exact) mass is 356 g/mol. The van der Waals surface area contributed by atoms with Crippen molar-refractivity contribution in [3.8, 4) is 0 Å². The van der Waals surface area contributed by atoms with Crippen molar-refractivity contribution >= 4 is 28.9 Å². The van der Waals surface area contributed by atoms with Gasteiger partial charge in [0.25, 0.3) is 5.91 Å². The van der Waals surface area contributed by atoms with Gasteiger partial charge in [-0.1, -0.05) is 24.3 Å². The normalized spacial score (nSPS) is 13.9. The summed E-state index contributed by atoms with van der Waals surface area (Å²) < 4.78 is 0. The molecule has 2 heterocycles. The van der Waals surface area contributed by atoms with Crippen molar-refractivity contribution in [3.63, 3.8) is 0 Å². The second-order valence-electron chi connectivity index (χ2n) is 5.95. The first kappa shape index (κ1) is 17.4. The Kier molecular flexibility index (Phi) is 5.60. The Balaban J connectivity index is 1.59. The van der Waals surface area contributed by atoms with Crippen LogP contribution in [0.25, 0.3) is 0 Å². The van der Waals surface area contributed by atoms with Crippen LogP contribution in [0.4, 0.5) is 0 Å². The van der Waals surface area contributed by atoms with E-state index < -0.39 is 0 Å². The summed E-state index contributed by atoms with van der Waals surface area (Å²) in [7, 11) is 0. The van der Waals surface area contributed by atoms with Crippen LogP contribution in [0, 0.1) is 0 Å². The summed E-state index contributed by atoms with van der Waals surface area (Å²) >= 11 is 1.36. The van der Waals surface area contributed by atoms with Gasteiger partial charge in [0.1, 0.15) is 0 Å². The summed E-state index contributed by atoms with van der Waals surface area (Å²) in [6, 6.07) is 10.4. The van der Waals surface area contributed by atoms with Gasteiger partial charge in [0.05, 0.1) is 10.4 Å². The summed E-state index contributed by atoms with van der Waals surface area (Å²) in [4.78, 5) is 39.0. The Bertz CT molecular complexity index is 771. The number of amides is 2. The highest BCUT2D eigenvalue weighted by Gasteiger charge is 2.20. The van der Waals surface area contributed by atoms with Crippen molar-refractivity contribution in [1.82, 2.24) is 10.2 Å². The highest BCUT2D eigenvalue weighted by molar-refractivity contribution is 7.12. The number of nitrogens with zero attached hydrogens (tertiary/aromatic N) is 1. The topological polar surface area (TPSA) is 66.5 Å². The number of ketones is 1. The molecule has 0 saturated carbocycles. The van der Waals surface area contributed by atoms with Gasteiger partial charge in [-0.2, -0.15) is 0 Å². The quantitative estimate of drug-likeness (QED) is 0.613. The van der Waals surface area contributed by atoms with Gasteiger partial charge in [0.15, 0.2) is 0 Å². The predicted octanol–water partition coefficient (Wildman–Crippen LogP) is 2.72. The number of hydrogen-bond acceptors (Lipinski definition) is 4. The lowest BCUT2D eigenvalue weighted by Crippen LogP contribution is -2.31. The van der Waals surface area contributed by atoms with E-state index in [0.29, 0.717) is 41.9 Å². The van der Waals surface area contributed by atoms with Crippen LogP contribution in [0.2, 0.25) is 0 Å². The van der Waals surface area contributed by atoms with E-state index in [1.54, 1.807) is 30.3 Å². The number of rotatable bonds is 7. The molecule has 1 aromatic carbocycles. The van der Waals surface area contributed by atoms with Crippen LogP contribution >= 0.6 is 11.3 Å². The number of thiophene rings is 1. The van der Waals surface area contributed by atoms with Gasteiger partial charge in [-0.25, -0.2) is 0 Å². The van der Waals surface area contributed by atoms with Crippen LogP contribution in [0.3, 0.4) is 0 Å². The van der Waals surface area contributed by atoms with Crippen molar-refractivity contribution < 1.29 is 14.4 Å². The number of benzene rings is 1. The van der Waals surface area contributed by atoms with Crippen molar-refractivity contribution in [2.24, 2.45) is 0 Å². The third-order valence-electron chi connectivity index (χ3n) is 4.22. The average molecular weight is 356 g/mol. The van der Waals surface area contributed by atoms with E-state index in [9.17, 15) is 14.4 Å². The molecular weight excluding hydrogens is 336 g/mol. The van der Waals surface area contributed by atoms with Gasteiger partial charge in [-0.15, -0.1) is 11.3 Å². The van der Waals surface area contributed by atoms with E-state index in [2.05, 4.69) is 5.32 Å². The lowest BCUT2D eigenvalue weighted by Gasteiger charge is -2.15. The molecule has 0 bridgehead atoms. The number of nitrogens with one attached hydrogen (secondary N) is 1. The molecule has 1 fully saturated rings. The van der Waals surface area contributed by atoms with Gasteiger partial charge in [-0.05, 0) is 30.4 Å². The van der Waals surface area contributed by atoms with Crippen LogP contribution in [0.5, 0.6) is 0 Å². The third-order valence-corrected chi connectivity index (χ3v) is 5.09. The molecule has 2 amide bonds. The Morgan fingerprint density at radius 2 is 1.92 bits per heavy atom. The van der Waals surface area contributed by atoms with E-state index in [4.69, 9.17) is 0 Å². The minimum absolute atomic E-state index is 0.136. The van der Waals surface area contributed by atoms with Crippen molar-refractivity contribution in [1.29, 1.82) is 0 Å². The molecule has 0 aliphatic carbocycles. The maximum Gasteiger partial charge on any atom is 0.252 e. The van der Waals surface area contributed by atoms with Crippen LogP contribution in [-0.2, 0) is 4.79 Å². The van der Waals surface area contributed by atoms with Gasteiger partial charge in [0.2, 0.25) is 11.7 Å². The predicted molar refractivity (Wildman–Crippen MR) is 97.0 cm³/mol. The molecule has 130 valence electrons. The molecule has 0 spiro atoms. The molecule has 1 aliphatic rings. The SMILES string of the molecule is O=C(NCCCN1CCCC1=O)c1ccccc1C(=O)c1cccs1. The molecule has 1 aromatic heterocycles. The average Bonchev–Trinajstić information content (AvgIpc) is 3.30. The van der Waals surface area contributed by atoms with Crippen LogP contribution in [0.1, 0.15) is 44.9 Å². The smallest absolute Gasteiger partial charge is 0.252 e. The third kappa shape index (κ3) is 4.14. The summed E-state index contributed by atoms with van der Waals surface area (Å²) in [6.07, 6.45) is 2.26. The second kappa shape index (κ2) is 8.07. The van der Waals surface area contributed by atoms with Crippen LogP contribution < -0.4 is 5.32 Å². The lowest BCUT2D eigenvalue weighted by atomic mass is 10.0. The molecule has 25 heavy (non-hydrogen) atoms. The fourth-order valence-corrected chi connectivity index (χ4v) is 3.61. The molecular formula is C19H20N2O3S. The summed E-state index contributed by atoms with van der Waals surface area (Å²) in [5.41, 5.74) is 0.801. The van der Waals surface area contributed by atoms with E-state index in [1.807, 2.05) is 16.3 Å². The Morgan fingerprint density at radius 3 is 2.60 bits per heavy atom. The first-order valence-electron chi connectivity index (χ1n) is 8.40. The van der Waals surface area contributed by atoms with Gasteiger partial charge in [0, 0.05) is 31.6 Å². The standard InChI is InChI=1S/C19H20N2O3S/c22-17-9-3-11-21(17)12-5-10-20-19(24)15-7-2-1-6-14(15)18(23)16-8-4-13-25-16/h1-2,4,6-8,13H,3,5,9-12H2,(H,20,24). The van der Waals surface area contributed by atoms with E-state index in [1.165, 1.54) is 11.3 Å². The molecule has 2 aromatic rings. The Morgan fingerprint density at radius 1 is 1.12 bits per heavy atom. The van der Waals surface area contributed by atoms with E-state index in [-0.39, 0.29) is 17.6 Å². The van der Waals surface area contributed by atoms with Crippen LogP contribution in [0.15, 0.2) is 41.8 Å². The van der Waals surface area contributed by atoms with Crippen LogP contribution in [-0.4, -0.2) is 42.1 Å². The summed E-state index contributed by atoms with van der Waals surface area (Å²) in [5, 5.41) is 4.70. The van der Waals surface area contributed by atoms with Gasteiger partial charge >= 0.3 is 0 Å². The maximum atomic E-state index is 12.6. The number of carbonyl (C=O) groups is 3. The second-order valence-corrected chi connectivity index (χ2v) is 6.89. The molecule has 0 unspecified atom stereocenters. The molecule has 0 atom stereocenters. The van der Waals surface area contributed by atoms with Crippen molar-refractivity contribution in [2.45, 2.75) is 19.3 Å². The molecule has 3 rings (SSSR count). The minimum atomic E-state index is -0.256. The zero-order valence-electron chi connectivity index (χ0n) is 13.9.